The topological polar surface area (TPSA) is 54.1 Å². The molecule has 4 rings (SSSR count). The Hall–Kier alpha value is -1.88. The number of benzene rings is 1. The molecule has 1 aromatic rings. The molecule has 0 spiro atoms. The van der Waals surface area contributed by atoms with Crippen molar-refractivity contribution < 1.29 is 0 Å². The van der Waals surface area contributed by atoms with E-state index in [2.05, 4.69) is 52.3 Å². The standard InChI is InChI=1S/C20H24N4/c21-13-19(6-7-19)15-23-10-11-24(16-20(14-22)8-9-20)18(12-23)17-4-2-1-3-5-17/h1-5,18H,6-12,15-16H2. The Morgan fingerprint density at radius 1 is 0.917 bits per heavy atom. The summed E-state index contributed by atoms with van der Waals surface area (Å²) in [6.07, 6.45) is 4.19. The molecule has 3 fully saturated rings. The molecule has 1 unspecified atom stereocenters. The van der Waals surface area contributed by atoms with E-state index in [1.54, 1.807) is 0 Å². The molecule has 2 saturated carbocycles. The second-order valence-corrected chi connectivity index (χ2v) is 7.92. The van der Waals surface area contributed by atoms with Gasteiger partial charge >= 0.3 is 0 Å². The summed E-state index contributed by atoms with van der Waals surface area (Å²) in [6.45, 7) is 4.76. The molecule has 0 radical (unpaired) electrons. The van der Waals surface area contributed by atoms with Crippen molar-refractivity contribution in [2.24, 2.45) is 10.8 Å². The van der Waals surface area contributed by atoms with Crippen LogP contribution in [0.1, 0.15) is 37.3 Å². The van der Waals surface area contributed by atoms with E-state index in [9.17, 15) is 10.5 Å². The minimum absolute atomic E-state index is 0.0756. The maximum atomic E-state index is 9.47. The summed E-state index contributed by atoms with van der Waals surface area (Å²) in [6, 6.07) is 16.1. The lowest BCUT2D eigenvalue weighted by molar-refractivity contribution is 0.0570. The highest BCUT2D eigenvalue weighted by Crippen LogP contribution is 2.48. The molecule has 4 heteroatoms. The molecule has 1 atom stereocenters. The van der Waals surface area contributed by atoms with Crippen LogP contribution in [0.4, 0.5) is 0 Å². The first-order chi connectivity index (χ1) is 11.7. The quantitative estimate of drug-likeness (QED) is 0.837. The summed E-state index contributed by atoms with van der Waals surface area (Å²) >= 11 is 0. The molecule has 24 heavy (non-hydrogen) atoms. The Morgan fingerprint density at radius 2 is 1.54 bits per heavy atom. The third kappa shape index (κ3) is 3.05. The fraction of sp³-hybridized carbons (Fsp3) is 0.600. The zero-order chi connectivity index (χ0) is 16.6. The maximum absolute atomic E-state index is 9.47. The monoisotopic (exact) mass is 320 g/mol. The lowest BCUT2D eigenvalue weighted by atomic mass is 9.98. The van der Waals surface area contributed by atoms with E-state index in [-0.39, 0.29) is 10.8 Å². The number of nitrogens with zero attached hydrogens (tertiary/aromatic N) is 4. The molecule has 0 amide bonds. The molecular weight excluding hydrogens is 296 g/mol. The predicted molar refractivity (Wildman–Crippen MR) is 91.8 cm³/mol. The zero-order valence-corrected chi connectivity index (χ0v) is 14.1. The van der Waals surface area contributed by atoms with E-state index in [4.69, 9.17) is 0 Å². The lowest BCUT2D eigenvalue weighted by Crippen LogP contribution is -2.51. The van der Waals surface area contributed by atoms with Crippen molar-refractivity contribution in [3.05, 3.63) is 35.9 Å². The first-order valence-electron chi connectivity index (χ1n) is 9.02. The Kier molecular flexibility index (Phi) is 3.83. The summed E-state index contributed by atoms with van der Waals surface area (Å²) in [4.78, 5) is 4.98. The van der Waals surface area contributed by atoms with Gasteiger partial charge in [0.05, 0.1) is 23.0 Å². The van der Waals surface area contributed by atoms with Crippen LogP contribution in [0.15, 0.2) is 30.3 Å². The Bertz CT molecular complexity index is 676. The molecule has 1 heterocycles. The summed E-state index contributed by atoms with van der Waals surface area (Å²) in [7, 11) is 0. The van der Waals surface area contributed by atoms with Crippen LogP contribution in [0, 0.1) is 33.5 Å². The van der Waals surface area contributed by atoms with Crippen LogP contribution in [-0.4, -0.2) is 42.5 Å². The molecule has 2 aliphatic carbocycles. The van der Waals surface area contributed by atoms with Crippen LogP contribution in [0.3, 0.4) is 0 Å². The van der Waals surface area contributed by atoms with Crippen molar-refractivity contribution in [1.82, 2.24) is 9.80 Å². The van der Waals surface area contributed by atoms with Gasteiger partial charge in [-0.25, -0.2) is 0 Å². The molecule has 3 aliphatic rings. The average Bonchev–Trinajstić information content (AvgIpc) is 3.55. The normalized spacial score (nSPS) is 27.8. The van der Waals surface area contributed by atoms with Gasteiger partial charge in [-0.05, 0) is 31.2 Å². The maximum Gasteiger partial charge on any atom is 0.0703 e. The number of hydrogen-bond acceptors (Lipinski definition) is 4. The number of nitriles is 2. The summed E-state index contributed by atoms with van der Waals surface area (Å²) < 4.78 is 0. The van der Waals surface area contributed by atoms with Gasteiger partial charge in [0.2, 0.25) is 0 Å². The van der Waals surface area contributed by atoms with Gasteiger partial charge in [0.1, 0.15) is 0 Å². The highest BCUT2D eigenvalue weighted by Gasteiger charge is 2.48. The molecule has 124 valence electrons. The SMILES string of the molecule is N#CC1(CN2CCN(CC3(C#N)CC3)C(c3ccccc3)C2)CC1. The molecule has 4 nitrogen and oxygen atoms in total. The third-order valence-electron chi connectivity index (χ3n) is 5.97. The smallest absolute Gasteiger partial charge is 0.0703 e. The average molecular weight is 320 g/mol. The molecule has 1 saturated heterocycles. The van der Waals surface area contributed by atoms with Crippen molar-refractivity contribution in [2.45, 2.75) is 31.7 Å². The van der Waals surface area contributed by atoms with Crippen LogP contribution < -0.4 is 0 Å². The van der Waals surface area contributed by atoms with Gasteiger partial charge in [0.15, 0.2) is 0 Å². The van der Waals surface area contributed by atoms with E-state index >= 15 is 0 Å². The second-order valence-electron chi connectivity index (χ2n) is 7.92. The van der Waals surface area contributed by atoms with Gasteiger partial charge in [0.25, 0.3) is 0 Å². The summed E-state index contributed by atoms with van der Waals surface area (Å²) in [5, 5.41) is 18.9. The van der Waals surface area contributed by atoms with Crippen molar-refractivity contribution in [3.8, 4) is 12.1 Å². The van der Waals surface area contributed by atoms with Gasteiger partial charge in [-0.15, -0.1) is 0 Å². The van der Waals surface area contributed by atoms with Crippen molar-refractivity contribution >= 4 is 0 Å². The largest absolute Gasteiger partial charge is 0.299 e. The first kappa shape index (κ1) is 15.6. The van der Waals surface area contributed by atoms with Crippen LogP contribution in [-0.2, 0) is 0 Å². The summed E-state index contributed by atoms with van der Waals surface area (Å²) in [5.74, 6) is 0. The number of rotatable bonds is 5. The van der Waals surface area contributed by atoms with Crippen molar-refractivity contribution in [3.63, 3.8) is 0 Å². The highest BCUT2D eigenvalue weighted by molar-refractivity contribution is 5.22. The number of hydrogen-bond donors (Lipinski definition) is 0. The fourth-order valence-electron chi connectivity index (χ4n) is 3.93. The van der Waals surface area contributed by atoms with Crippen LogP contribution in [0.2, 0.25) is 0 Å². The minimum Gasteiger partial charge on any atom is -0.299 e. The van der Waals surface area contributed by atoms with Crippen molar-refractivity contribution in [2.75, 3.05) is 32.7 Å². The van der Waals surface area contributed by atoms with Crippen molar-refractivity contribution in [1.29, 1.82) is 10.5 Å². The summed E-state index contributed by atoms with van der Waals surface area (Å²) in [5.41, 5.74) is 1.16. The Morgan fingerprint density at radius 3 is 2.12 bits per heavy atom. The molecule has 0 N–H and O–H groups in total. The van der Waals surface area contributed by atoms with E-state index in [0.717, 1.165) is 58.4 Å². The van der Waals surface area contributed by atoms with E-state index < -0.39 is 0 Å². The minimum atomic E-state index is -0.0976. The Balaban J connectivity index is 1.51. The van der Waals surface area contributed by atoms with Gasteiger partial charge in [0, 0.05) is 38.8 Å². The van der Waals surface area contributed by atoms with Gasteiger partial charge < -0.3 is 0 Å². The zero-order valence-electron chi connectivity index (χ0n) is 14.1. The molecule has 0 bridgehead atoms. The third-order valence-corrected chi connectivity index (χ3v) is 5.97. The van der Waals surface area contributed by atoms with Crippen LogP contribution in [0.5, 0.6) is 0 Å². The van der Waals surface area contributed by atoms with Crippen LogP contribution in [0.25, 0.3) is 0 Å². The van der Waals surface area contributed by atoms with Gasteiger partial charge in [-0.3, -0.25) is 9.80 Å². The van der Waals surface area contributed by atoms with E-state index in [1.165, 1.54) is 5.56 Å². The van der Waals surface area contributed by atoms with Gasteiger partial charge in [-0.2, -0.15) is 10.5 Å². The van der Waals surface area contributed by atoms with E-state index in [1.807, 2.05) is 0 Å². The fourth-order valence-corrected chi connectivity index (χ4v) is 3.93. The van der Waals surface area contributed by atoms with Gasteiger partial charge in [-0.1, -0.05) is 30.3 Å². The Labute approximate surface area is 144 Å². The molecule has 0 aromatic heterocycles. The molecular formula is C20H24N4. The second kappa shape index (κ2) is 5.88. The highest BCUT2D eigenvalue weighted by atomic mass is 15.3. The first-order valence-corrected chi connectivity index (χ1v) is 9.02. The van der Waals surface area contributed by atoms with E-state index in [0.29, 0.717) is 6.04 Å². The number of piperazine rings is 1. The molecule has 1 aliphatic heterocycles. The predicted octanol–water partition coefficient (Wildman–Crippen LogP) is 2.95. The molecule has 1 aromatic carbocycles. The lowest BCUT2D eigenvalue weighted by Gasteiger charge is -2.43. The van der Waals surface area contributed by atoms with Crippen LogP contribution >= 0.6 is 0 Å².